The monoisotopic (exact) mass is 358 g/mol. The van der Waals surface area contributed by atoms with Crippen molar-refractivity contribution < 1.29 is 13.2 Å². The molecule has 1 fully saturated rings. The number of hydrogen-bond donors (Lipinski definition) is 2. The van der Waals surface area contributed by atoms with Gasteiger partial charge >= 0.3 is 0 Å². The molecule has 25 heavy (non-hydrogen) atoms. The Morgan fingerprint density at radius 1 is 1.20 bits per heavy atom. The topological polar surface area (TPSA) is 113 Å². The number of hydrogen-bond acceptors (Lipinski definition) is 5. The standard InChI is InChI=1S/C17H18N4O3S/c18-15-7-14(4-5-16(15)25(19,22)23)24-10-13-9-21-8-12(11-1-2-11)3-6-17(21)20-13/h3-9,11H,1-2,10,18H2,(H2,19,22,23). The molecule has 0 spiro atoms. The number of sulfonamides is 1. The van der Waals surface area contributed by atoms with Crippen LogP contribution in [-0.2, 0) is 16.6 Å². The van der Waals surface area contributed by atoms with Crippen LogP contribution >= 0.6 is 0 Å². The van der Waals surface area contributed by atoms with Gasteiger partial charge in [0.1, 0.15) is 22.9 Å². The van der Waals surface area contributed by atoms with Gasteiger partial charge in [-0.2, -0.15) is 0 Å². The first kappa shape index (κ1) is 15.9. The number of nitrogens with two attached hydrogens (primary N) is 2. The fraction of sp³-hybridized carbons (Fsp3) is 0.235. The highest BCUT2D eigenvalue weighted by molar-refractivity contribution is 7.89. The number of ether oxygens (including phenoxy) is 1. The van der Waals surface area contributed by atoms with Gasteiger partial charge in [0.2, 0.25) is 10.0 Å². The molecule has 1 aliphatic rings. The summed E-state index contributed by atoms with van der Waals surface area (Å²) in [7, 11) is -3.84. The van der Waals surface area contributed by atoms with Crippen molar-refractivity contribution in [3.05, 3.63) is 54.0 Å². The van der Waals surface area contributed by atoms with E-state index in [1.54, 1.807) is 0 Å². The molecule has 4 rings (SSSR count). The van der Waals surface area contributed by atoms with Crippen LogP contribution in [0, 0.1) is 0 Å². The van der Waals surface area contributed by atoms with Crippen LogP contribution in [-0.4, -0.2) is 17.8 Å². The number of primary sulfonamides is 1. The van der Waals surface area contributed by atoms with Crippen molar-refractivity contribution in [2.75, 3.05) is 5.73 Å². The van der Waals surface area contributed by atoms with Gasteiger partial charge in [0.05, 0.1) is 11.4 Å². The van der Waals surface area contributed by atoms with Gasteiger partial charge in [-0.3, -0.25) is 0 Å². The van der Waals surface area contributed by atoms with Crippen molar-refractivity contribution in [1.29, 1.82) is 0 Å². The molecule has 0 aliphatic heterocycles. The fourth-order valence-electron chi connectivity index (χ4n) is 2.82. The Morgan fingerprint density at radius 3 is 2.68 bits per heavy atom. The highest BCUT2D eigenvalue weighted by Crippen LogP contribution is 2.39. The van der Waals surface area contributed by atoms with Crippen molar-refractivity contribution >= 4 is 21.4 Å². The predicted octanol–water partition coefficient (Wildman–Crippen LogP) is 2.02. The summed E-state index contributed by atoms with van der Waals surface area (Å²) in [6, 6.07) is 8.44. The lowest BCUT2D eigenvalue weighted by Crippen LogP contribution is -2.14. The van der Waals surface area contributed by atoms with Crippen LogP contribution < -0.4 is 15.6 Å². The molecular formula is C17H18N4O3S. The normalized spacial score (nSPS) is 14.8. The van der Waals surface area contributed by atoms with Crippen molar-refractivity contribution in [2.45, 2.75) is 30.3 Å². The molecule has 8 heteroatoms. The minimum Gasteiger partial charge on any atom is -0.487 e. The molecule has 7 nitrogen and oxygen atoms in total. The maximum atomic E-state index is 11.4. The number of benzene rings is 1. The number of nitrogens with zero attached hydrogens (tertiary/aromatic N) is 2. The van der Waals surface area contributed by atoms with Gasteiger partial charge in [-0.15, -0.1) is 0 Å². The summed E-state index contributed by atoms with van der Waals surface area (Å²) in [5.41, 5.74) is 8.77. The van der Waals surface area contributed by atoms with E-state index in [1.807, 2.05) is 16.7 Å². The fourth-order valence-corrected chi connectivity index (χ4v) is 3.47. The molecule has 0 unspecified atom stereocenters. The van der Waals surface area contributed by atoms with Gasteiger partial charge in [-0.25, -0.2) is 18.5 Å². The van der Waals surface area contributed by atoms with E-state index in [4.69, 9.17) is 15.6 Å². The maximum Gasteiger partial charge on any atom is 0.240 e. The Hall–Kier alpha value is -2.58. The summed E-state index contributed by atoms with van der Waals surface area (Å²) in [5.74, 6) is 1.15. The predicted molar refractivity (Wildman–Crippen MR) is 93.7 cm³/mol. The molecule has 0 amide bonds. The lowest BCUT2D eigenvalue weighted by molar-refractivity contribution is 0.302. The molecule has 0 bridgehead atoms. The van der Waals surface area contributed by atoms with Crippen molar-refractivity contribution in [3.63, 3.8) is 0 Å². The van der Waals surface area contributed by atoms with Gasteiger partial charge in [0.15, 0.2) is 0 Å². The van der Waals surface area contributed by atoms with E-state index in [0.29, 0.717) is 11.7 Å². The number of anilines is 1. The third kappa shape index (κ3) is 3.31. The average Bonchev–Trinajstić information content (AvgIpc) is 3.31. The van der Waals surface area contributed by atoms with Crippen LogP contribution in [0.5, 0.6) is 5.75 Å². The Balaban J connectivity index is 1.51. The van der Waals surface area contributed by atoms with Gasteiger partial charge < -0.3 is 14.9 Å². The second kappa shape index (κ2) is 5.75. The lowest BCUT2D eigenvalue weighted by Gasteiger charge is -2.07. The number of aromatic nitrogens is 2. The van der Waals surface area contributed by atoms with Crippen LogP contribution in [0.1, 0.15) is 30.0 Å². The Bertz CT molecular complexity index is 1050. The van der Waals surface area contributed by atoms with E-state index in [1.165, 1.54) is 36.6 Å². The minimum absolute atomic E-state index is 0.0593. The average molecular weight is 358 g/mol. The smallest absolute Gasteiger partial charge is 0.240 e. The molecule has 0 radical (unpaired) electrons. The summed E-state index contributed by atoms with van der Waals surface area (Å²) >= 11 is 0. The highest BCUT2D eigenvalue weighted by atomic mass is 32.2. The second-order valence-corrected chi connectivity index (χ2v) is 7.80. The molecule has 3 aromatic rings. The summed E-state index contributed by atoms with van der Waals surface area (Å²) in [6.45, 7) is 0.259. The molecule has 0 saturated heterocycles. The highest BCUT2D eigenvalue weighted by Gasteiger charge is 2.23. The van der Waals surface area contributed by atoms with Crippen molar-refractivity contribution in [3.8, 4) is 5.75 Å². The summed E-state index contributed by atoms with van der Waals surface area (Å²) in [5, 5.41) is 5.09. The third-order valence-electron chi connectivity index (χ3n) is 4.25. The summed E-state index contributed by atoms with van der Waals surface area (Å²) < 4.78 is 30.4. The van der Waals surface area contributed by atoms with Crippen LogP contribution in [0.4, 0.5) is 5.69 Å². The Labute approximate surface area is 145 Å². The van der Waals surface area contributed by atoms with Gasteiger partial charge in [-0.1, -0.05) is 6.07 Å². The second-order valence-electron chi connectivity index (χ2n) is 6.27. The van der Waals surface area contributed by atoms with Crippen LogP contribution in [0.15, 0.2) is 47.6 Å². The molecule has 1 saturated carbocycles. The van der Waals surface area contributed by atoms with Gasteiger partial charge in [0.25, 0.3) is 0 Å². The first-order valence-electron chi connectivity index (χ1n) is 7.93. The molecule has 130 valence electrons. The van der Waals surface area contributed by atoms with Crippen LogP contribution in [0.3, 0.4) is 0 Å². The van der Waals surface area contributed by atoms with Gasteiger partial charge in [0, 0.05) is 18.5 Å². The molecule has 4 N–H and O–H groups in total. The SMILES string of the molecule is Nc1cc(OCc2cn3cc(C4CC4)ccc3n2)ccc1S(N)(=O)=O. The summed E-state index contributed by atoms with van der Waals surface area (Å²) in [4.78, 5) is 4.41. The number of rotatable bonds is 5. The van der Waals surface area contributed by atoms with E-state index < -0.39 is 10.0 Å². The molecular weight excluding hydrogens is 340 g/mol. The van der Waals surface area contributed by atoms with E-state index in [9.17, 15) is 8.42 Å². The quantitative estimate of drug-likeness (QED) is 0.678. The largest absolute Gasteiger partial charge is 0.487 e. The van der Waals surface area contributed by atoms with Gasteiger partial charge in [-0.05, 0) is 42.5 Å². The van der Waals surface area contributed by atoms with E-state index in [2.05, 4.69) is 17.2 Å². The molecule has 0 atom stereocenters. The zero-order chi connectivity index (χ0) is 17.6. The molecule has 1 aromatic carbocycles. The summed E-state index contributed by atoms with van der Waals surface area (Å²) in [6.07, 6.45) is 6.56. The first-order valence-corrected chi connectivity index (χ1v) is 9.47. The first-order chi connectivity index (χ1) is 11.9. The number of pyridine rings is 1. The molecule has 2 heterocycles. The van der Waals surface area contributed by atoms with E-state index >= 15 is 0 Å². The Morgan fingerprint density at radius 2 is 2.00 bits per heavy atom. The zero-order valence-electron chi connectivity index (χ0n) is 13.4. The third-order valence-corrected chi connectivity index (χ3v) is 5.23. The van der Waals surface area contributed by atoms with Crippen LogP contribution in [0.2, 0.25) is 0 Å². The van der Waals surface area contributed by atoms with E-state index in [-0.39, 0.29) is 17.2 Å². The number of nitrogen functional groups attached to an aromatic ring is 1. The van der Waals surface area contributed by atoms with Crippen molar-refractivity contribution in [1.82, 2.24) is 9.38 Å². The van der Waals surface area contributed by atoms with Crippen LogP contribution in [0.25, 0.3) is 5.65 Å². The molecule has 1 aliphatic carbocycles. The lowest BCUT2D eigenvalue weighted by atomic mass is 10.2. The van der Waals surface area contributed by atoms with Crippen molar-refractivity contribution in [2.24, 2.45) is 5.14 Å². The minimum atomic E-state index is -3.84. The zero-order valence-corrected chi connectivity index (χ0v) is 14.2. The molecule has 2 aromatic heterocycles. The number of imidazole rings is 1. The Kier molecular flexibility index (Phi) is 3.66. The van der Waals surface area contributed by atoms with E-state index in [0.717, 1.165) is 11.3 Å². The maximum absolute atomic E-state index is 11.4. The number of fused-ring (bicyclic) bond motifs is 1.